The molecule has 1 saturated heterocycles. The Labute approximate surface area is 180 Å². The largest absolute Gasteiger partial charge is 0.497 e. The van der Waals surface area contributed by atoms with Gasteiger partial charge in [0.1, 0.15) is 9.96 Å². The number of nitrogens with zero attached hydrogens (tertiary/aromatic N) is 1. The summed E-state index contributed by atoms with van der Waals surface area (Å²) in [5.74, 6) is -0.881. The summed E-state index contributed by atoms with van der Waals surface area (Å²) in [5, 5.41) is 6.85. The first kappa shape index (κ1) is 22.3. The minimum atomic E-state index is -3.53. The van der Waals surface area contributed by atoms with Gasteiger partial charge in [0.2, 0.25) is 0 Å². The molecule has 0 unspecified atom stereocenters. The minimum Gasteiger partial charge on any atom is -0.497 e. The Bertz CT molecular complexity index is 959. The number of carbonyl (C=O) groups is 2. The van der Waals surface area contributed by atoms with Gasteiger partial charge in [0.15, 0.2) is 0 Å². The number of ether oxygens (including phenoxy) is 1. The molecule has 162 valence electrons. The first-order valence-electron chi connectivity index (χ1n) is 9.70. The highest BCUT2D eigenvalue weighted by molar-refractivity contribution is 7.91. The lowest BCUT2D eigenvalue weighted by molar-refractivity contribution is -0.136. The molecule has 1 fully saturated rings. The van der Waals surface area contributed by atoms with Crippen molar-refractivity contribution in [2.75, 3.05) is 25.5 Å². The van der Waals surface area contributed by atoms with Crippen LogP contribution in [0, 0.1) is 0 Å². The maximum absolute atomic E-state index is 12.9. The van der Waals surface area contributed by atoms with E-state index in [0.29, 0.717) is 28.6 Å². The van der Waals surface area contributed by atoms with Gasteiger partial charge in [-0.15, -0.1) is 11.3 Å². The van der Waals surface area contributed by atoms with Gasteiger partial charge in [-0.2, -0.15) is 4.31 Å². The fourth-order valence-corrected chi connectivity index (χ4v) is 6.24. The number of methoxy groups -OCH3 is 1. The lowest BCUT2D eigenvalue weighted by Gasteiger charge is -2.34. The van der Waals surface area contributed by atoms with E-state index in [-0.39, 0.29) is 12.6 Å². The number of hydrogen-bond acceptors (Lipinski definition) is 6. The molecule has 1 atom stereocenters. The highest BCUT2D eigenvalue weighted by Crippen LogP contribution is 2.29. The molecule has 2 N–H and O–H groups in total. The topological polar surface area (TPSA) is 105 Å². The van der Waals surface area contributed by atoms with Crippen molar-refractivity contribution in [2.24, 2.45) is 0 Å². The quantitative estimate of drug-likeness (QED) is 0.629. The van der Waals surface area contributed by atoms with Crippen LogP contribution in [0.5, 0.6) is 5.75 Å². The smallest absolute Gasteiger partial charge is 0.313 e. The highest BCUT2D eigenvalue weighted by atomic mass is 32.2. The van der Waals surface area contributed by atoms with E-state index in [9.17, 15) is 18.0 Å². The Morgan fingerprint density at radius 1 is 1.17 bits per heavy atom. The molecule has 30 heavy (non-hydrogen) atoms. The van der Waals surface area contributed by atoms with Crippen LogP contribution in [-0.4, -0.2) is 50.8 Å². The van der Waals surface area contributed by atoms with E-state index in [2.05, 4.69) is 10.6 Å². The van der Waals surface area contributed by atoms with Crippen LogP contribution in [0.3, 0.4) is 0 Å². The number of amides is 2. The molecule has 2 heterocycles. The number of sulfonamides is 1. The lowest BCUT2D eigenvalue weighted by atomic mass is 10.0. The van der Waals surface area contributed by atoms with Crippen LogP contribution in [0.2, 0.25) is 0 Å². The second-order valence-corrected chi connectivity index (χ2v) is 9.99. The number of rotatable bonds is 7. The number of hydrogen-bond donors (Lipinski definition) is 2. The summed E-state index contributed by atoms with van der Waals surface area (Å²) in [6.45, 7) is 0.687. The van der Waals surface area contributed by atoms with Crippen LogP contribution in [0.4, 0.5) is 5.69 Å². The SMILES string of the molecule is COc1ccc(NC(=O)C(=O)NCC[C@H]2CCCCN2S(=O)(=O)c2cccs2)cc1. The molecule has 0 aliphatic carbocycles. The third-order valence-corrected chi connectivity index (χ3v) is 8.27. The van der Waals surface area contributed by atoms with Gasteiger partial charge in [0.05, 0.1) is 7.11 Å². The van der Waals surface area contributed by atoms with Crippen molar-refractivity contribution in [3.05, 3.63) is 41.8 Å². The summed E-state index contributed by atoms with van der Waals surface area (Å²) in [7, 11) is -1.99. The Kier molecular flexibility index (Phi) is 7.46. The van der Waals surface area contributed by atoms with E-state index in [4.69, 9.17) is 4.74 Å². The number of carbonyl (C=O) groups excluding carboxylic acids is 2. The van der Waals surface area contributed by atoms with Crippen molar-refractivity contribution >= 4 is 38.9 Å². The predicted molar refractivity (Wildman–Crippen MR) is 115 cm³/mol. The van der Waals surface area contributed by atoms with E-state index in [1.165, 1.54) is 15.6 Å². The molecule has 0 bridgehead atoms. The second-order valence-electron chi connectivity index (χ2n) is 6.92. The van der Waals surface area contributed by atoms with Crippen LogP contribution >= 0.6 is 11.3 Å². The maximum atomic E-state index is 12.9. The van der Waals surface area contributed by atoms with Crippen molar-refractivity contribution in [3.8, 4) is 5.75 Å². The molecule has 0 spiro atoms. The van der Waals surface area contributed by atoms with Gasteiger partial charge >= 0.3 is 11.8 Å². The molecule has 1 aliphatic heterocycles. The molecule has 8 nitrogen and oxygen atoms in total. The van der Waals surface area contributed by atoms with Gasteiger partial charge in [-0.1, -0.05) is 12.5 Å². The molecule has 10 heteroatoms. The molecule has 1 aromatic heterocycles. The number of nitrogens with one attached hydrogen (secondary N) is 2. The zero-order valence-corrected chi connectivity index (χ0v) is 18.3. The average molecular weight is 452 g/mol. The van der Waals surface area contributed by atoms with E-state index >= 15 is 0 Å². The Morgan fingerprint density at radius 2 is 1.93 bits per heavy atom. The molecular formula is C20H25N3O5S2. The summed E-state index contributed by atoms with van der Waals surface area (Å²) in [4.78, 5) is 24.2. The van der Waals surface area contributed by atoms with Gasteiger partial charge in [-0.05, 0) is 55.0 Å². The zero-order chi connectivity index (χ0) is 21.6. The van der Waals surface area contributed by atoms with E-state index in [0.717, 1.165) is 19.3 Å². The van der Waals surface area contributed by atoms with Gasteiger partial charge in [0.25, 0.3) is 10.0 Å². The van der Waals surface area contributed by atoms with Crippen molar-refractivity contribution < 1.29 is 22.7 Å². The van der Waals surface area contributed by atoms with Gasteiger partial charge in [-0.3, -0.25) is 9.59 Å². The molecular weight excluding hydrogens is 426 g/mol. The molecule has 0 radical (unpaired) electrons. The fraction of sp³-hybridized carbons (Fsp3) is 0.400. The zero-order valence-electron chi connectivity index (χ0n) is 16.7. The molecule has 2 aromatic rings. The van der Waals surface area contributed by atoms with Crippen LogP contribution < -0.4 is 15.4 Å². The van der Waals surface area contributed by atoms with Crippen molar-refractivity contribution in [2.45, 2.75) is 35.9 Å². The fourth-order valence-electron chi connectivity index (χ4n) is 3.40. The van der Waals surface area contributed by atoms with Crippen LogP contribution in [0.1, 0.15) is 25.7 Å². The van der Waals surface area contributed by atoms with Gasteiger partial charge < -0.3 is 15.4 Å². The van der Waals surface area contributed by atoms with Crippen molar-refractivity contribution in [1.82, 2.24) is 9.62 Å². The molecule has 2 amide bonds. The predicted octanol–water partition coefficient (Wildman–Crippen LogP) is 2.44. The average Bonchev–Trinajstić information content (AvgIpc) is 3.30. The highest BCUT2D eigenvalue weighted by Gasteiger charge is 2.33. The summed E-state index contributed by atoms with van der Waals surface area (Å²) in [5.41, 5.74) is 0.483. The van der Waals surface area contributed by atoms with Crippen molar-refractivity contribution in [3.63, 3.8) is 0 Å². The van der Waals surface area contributed by atoms with Crippen molar-refractivity contribution in [1.29, 1.82) is 0 Å². The normalized spacial score (nSPS) is 17.3. The maximum Gasteiger partial charge on any atom is 0.313 e. The van der Waals surface area contributed by atoms with E-state index in [1.807, 2.05) is 0 Å². The first-order chi connectivity index (χ1) is 14.4. The number of benzene rings is 1. The third kappa shape index (κ3) is 5.38. The second kappa shape index (κ2) is 10.1. The summed E-state index contributed by atoms with van der Waals surface area (Å²) < 4.78 is 32.7. The lowest BCUT2D eigenvalue weighted by Crippen LogP contribution is -2.45. The summed E-state index contributed by atoms with van der Waals surface area (Å²) in [6, 6.07) is 9.77. The number of thiophene rings is 1. The van der Waals surface area contributed by atoms with Gasteiger partial charge in [0, 0.05) is 24.8 Å². The molecule has 1 aromatic carbocycles. The first-order valence-corrected chi connectivity index (χ1v) is 12.0. The third-order valence-electron chi connectivity index (χ3n) is 4.95. The Morgan fingerprint density at radius 3 is 2.60 bits per heavy atom. The number of anilines is 1. The summed E-state index contributed by atoms with van der Waals surface area (Å²) in [6.07, 6.45) is 2.94. The van der Waals surface area contributed by atoms with Crippen LogP contribution in [0.15, 0.2) is 46.0 Å². The Hall–Kier alpha value is -2.43. The van der Waals surface area contributed by atoms with E-state index in [1.54, 1.807) is 48.9 Å². The monoisotopic (exact) mass is 451 g/mol. The molecule has 1 aliphatic rings. The molecule has 0 saturated carbocycles. The number of piperidine rings is 1. The van der Waals surface area contributed by atoms with Crippen LogP contribution in [0.25, 0.3) is 0 Å². The standard InChI is InChI=1S/C20H25N3O5S2/c1-28-17-9-7-15(8-10-17)22-20(25)19(24)21-12-11-16-5-2-3-13-23(16)30(26,27)18-6-4-14-29-18/h4,6-10,14,16H,2-3,5,11-13H2,1H3,(H,21,24)(H,22,25)/t16-/m1/s1. The van der Waals surface area contributed by atoms with E-state index < -0.39 is 21.8 Å². The minimum absolute atomic E-state index is 0.198. The van der Waals surface area contributed by atoms with Crippen LogP contribution in [-0.2, 0) is 19.6 Å². The van der Waals surface area contributed by atoms with Gasteiger partial charge in [-0.25, -0.2) is 8.42 Å². The molecule has 3 rings (SSSR count). The summed E-state index contributed by atoms with van der Waals surface area (Å²) >= 11 is 1.20. The Balaban J connectivity index is 1.52.